The van der Waals surface area contributed by atoms with Gasteiger partial charge in [0.25, 0.3) is 17.7 Å². The van der Waals surface area contributed by atoms with Crippen LogP contribution in [0.25, 0.3) is 0 Å². The van der Waals surface area contributed by atoms with Crippen LogP contribution in [0.4, 0.5) is 11.4 Å². The van der Waals surface area contributed by atoms with Crippen molar-refractivity contribution in [2.75, 3.05) is 24.3 Å². The highest BCUT2D eigenvalue weighted by atomic mass is 35.5. The SMILES string of the molecule is COc1cccc(NC(=O)c2cccc(NC3=C(Cl)C(=O)N(CCc4ccccc4)C3=O)c2)c1. The van der Waals surface area contributed by atoms with Crippen LogP contribution < -0.4 is 15.4 Å². The molecule has 0 radical (unpaired) electrons. The van der Waals surface area contributed by atoms with E-state index in [1.807, 2.05) is 30.3 Å². The zero-order chi connectivity index (χ0) is 24.1. The molecule has 0 spiro atoms. The van der Waals surface area contributed by atoms with Crippen LogP contribution in [0.15, 0.2) is 89.6 Å². The van der Waals surface area contributed by atoms with Crippen molar-refractivity contribution in [1.82, 2.24) is 4.90 Å². The highest BCUT2D eigenvalue weighted by molar-refractivity contribution is 6.48. The monoisotopic (exact) mass is 475 g/mol. The predicted molar refractivity (Wildman–Crippen MR) is 131 cm³/mol. The molecule has 0 unspecified atom stereocenters. The van der Waals surface area contributed by atoms with E-state index < -0.39 is 11.8 Å². The molecular weight excluding hydrogens is 454 g/mol. The number of carbonyl (C=O) groups is 3. The van der Waals surface area contributed by atoms with Crippen molar-refractivity contribution in [3.8, 4) is 5.75 Å². The van der Waals surface area contributed by atoms with E-state index in [2.05, 4.69) is 10.6 Å². The first-order valence-electron chi connectivity index (χ1n) is 10.6. The highest BCUT2D eigenvalue weighted by Gasteiger charge is 2.37. The molecule has 2 N–H and O–H groups in total. The van der Waals surface area contributed by atoms with Crippen molar-refractivity contribution >= 4 is 40.7 Å². The zero-order valence-corrected chi connectivity index (χ0v) is 19.1. The number of amides is 3. The van der Waals surface area contributed by atoms with Crippen LogP contribution in [0.3, 0.4) is 0 Å². The minimum absolute atomic E-state index is 0.00918. The lowest BCUT2D eigenvalue weighted by atomic mass is 10.1. The fraction of sp³-hybridized carbons (Fsp3) is 0.115. The summed E-state index contributed by atoms with van der Waals surface area (Å²) in [4.78, 5) is 39.3. The van der Waals surface area contributed by atoms with Gasteiger partial charge in [0.15, 0.2) is 0 Å². The molecule has 0 fully saturated rings. The molecule has 172 valence electrons. The van der Waals surface area contributed by atoms with Gasteiger partial charge in [-0.1, -0.05) is 54.1 Å². The van der Waals surface area contributed by atoms with E-state index in [0.717, 1.165) is 10.5 Å². The van der Waals surface area contributed by atoms with Gasteiger partial charge >= 0.3 is 0 Å². The van der Waals surface area contributed by atoms with Gasteiger partial charge in [0.05, 0.1) is 7.11 Å². The van der Waals surface area contributed by atoms with Crippen LogP contribution in [0.5, 0.6) is 5.75 Å². The van der Waals surface area contributed by atoms with Gasteiger partial charge in [-0.2, -0.15) is 0 Å². The van der Waals surface area contributed by atoms with E-state index in [4.69, 9.17) is 16.3 Å². The average molecular weight is 476 g/mol. The Kier molecular flexibility index (Phi) is 6.94. The third-order valence-corrected chi connectivity index (χ3v) is 5.65. The lowest BCUT2D eigenvalue weighted by Gasteiger charge is -2.15. The molecule has 1 aliphatic heterocycles. The normalized spacial score (nSPS) is 13.3. The second kappa shape index (κ2) is 10.2. The standard InChI is InChI=1S/C26H22ClN3O4/c1-34-21-12-6-11-20(16-21)29-24(31)18-9-5-10-19(15-18)28-23-22(27)25(32)30(26(23)33)14-13-17-7-3-2-4-8-17/h2-12,15-16,28H,13-14H2,1H3,(H,29,31). The molecule has 7 nitrogen and oxygen atoms in total. The van der Waals surface area contributed by atoms with Crippen molar-refractivity contribution in [3.05, 3.63) is 101 Å². The molecule has 0 atom stereocenters. The number of methoxy groups -OCH3 is 1. The minimum Gasteiger partial charge on any atom is -0.497 e. The van der Waals surface area contributed by atoms with Crippen LogP contribution in [0, 0.1) is 0 Å². The molecule has 0 aliphatic carbocycles. The summed E-state index contributed by atoms with van der Waals surface area (Å²) in [6.07, 6.45) is 0.524. The Morgan fingerprint density at radius 1 is 0.912 bits per heavy atom. The third-order valence-electron chi connectivity index (χ3n) is 5.30. The van der Waals surface area contributed by atoms with Gasteiger partial charge in [0.2, 0.25) is 0 Å². The Bertz CT molecular complexity index is 1270. The van der Waals surface area contributed by atoms with Crippen molar-refractivity contribution in [2.45, 2.75) is 6.42 Å². The summed E-state index contributed by atoms with van der Waals surface area (Å²) >= 11 is 6.20. The van der Waals surface area contributed by atoms with E-state index in [0.29, 0.717) is 29.1 Å². The minimum atomic E-state index is -0.544. The second-order valence-electron chi connectivity index (χ2n) is 7.58. The average Bonchev–Trinajstić information content (AvgIpc) is 3.06. The number of rotatable bonds is 8. The number of hydrogen-bond donors (Lipinski definition) is 2. The Hall–Kier alpha value is -4.10. The van der Waals surface area contributed by atoms with Crippen molar-refractivity contribution in [3.63, 3.8) is 0 Å². The van der Waals surface area contributed by atoms with Gasteiger partial charge in [0, 0.05) is 29.5 Å². The Labute approximate surface area is 202 Å². The molecule has 0 bridgehead atoms. The fourth-order valence-corrected chi connectivity index (χ4v) is 3.76. The summed E-state index contributed by atoms with van der Waals surface area (Å²) < 4.78 is 5.17. The number of ether oxygens (including phenoxy) is 1. The zero-order valence-electron chi connectivity index (χ0n) is 18.4. The molecule has 3 aromatic rings. The van der Waals surface area contributed by atoms with Crippen LogP contribution in [-0.4, -0.2) is 36.3 Å². The van der Waals surface area contributed by atoms with E-state index in [-0.39, 0.29) is 23.2 Å². The number of halogens is 1. The predicted octanol–water partition coefficient (Wildman–Crippen LogP) is 4.42. The summed E-state index contributed by atoms with van der Waals surface area (Å²) in [5.41, 5.74) is 2.40. The maximum absolute atomic E-state index is 12.9. The van der Waals surface area contributed by atoms with Crippen LogP contribution >= 0.6 is 11.6 Å². The van der Waals surface area contributed by atoms with Gasteiger partial charge in [0.1, 0.15) is 16.5 Å². The molecule has 0 saturated heterocycles. The van der Waals surface area contributed by atoms with Crippen molar-refractivity contribution < 1.29 is 19.1 Å². The molecule has 1 heterocycles. The molecule has 3 amide bonds. The van der Waals surface area contributed by atoms with Gasteiger partial charge < -0.3 is 15.4 Å². The fourth-order valence-electron chi connectivity index (χ4n) is 3.53. The molecule has 34 heavy (non-hydrogen) atoms. The topological polar surface area (TPSA) is 87.7 Å². The Morgan fingerprint density at radius 3 is 2.41 bits per heavy atom. The molecular formula is C26H22ClN3O4. The molecule has 0 aromatic heterocycles. The maximum atomic E-state index is 12.9. The van der Waals surface area contributed by atoms with E-state index >= 15 is 0 Å². The molecule has 1 aliphatic rings. The first-order valence-corrected chi connectivity index (χ1v) is 11.0. The van der Waals surface area contributed by atoms with Gasteiger partial charge in [-0.05, 0) is 42.3 Å². The Balaban J connectivity index is 1.45. The number of imide groups is 1. The summed E-state index contributed by atoms with van der Waals surface area (Å²) in [5, 5.41) is 5.54. The smallest absolute Gasteiger partial charge is 0.278 e. The summed E-state index contributed by atoms with van der Waals surface area (Å²) in [7, 11) is 1.55. The van der Waals surface area contributed by atoms with Crippen LogP contribution in [0.1, 0.15) is 15.9 Å². The molecule has 4 rings (SSSR count). The number of nitrogens with one attached hydrogen (secondary N) is 2. The summed E-state index contributed by atoms with van der Waals surface area (Å²) in [6.45, 7) is 0.214. The summed E-state index contributed by atoms with van der Waals surface area (Å²) in [5.74, 6) is -0.763. The van der Waals surface area contributed by atoms with Crippen molar-refractivity contribution in [1.29, 1.82) is 0 Å². The van der Waals surface area contributed by atoms with Gasteiger partial charge in [-0.3, -0.25) is 19.3 Å². The summed E-state index contributed by atoms with van der Waals surface area (Å²) in [6, 6.07) is 23.2. The van der Waals surface area contributed by atoms with Crippen molar-refractivity contribution in [2.24, 2.45) is 0 Å². The second-order valence-corrected chi connectivity index (χ2v) is 7.96. The number of carbonyl (C=O) groups excluding carboxylic acids is 3. The lowest BCUT2D eigenvalue weighted by Crippen LogP contribution is -2.34. The largest absolute Gasteiger partial charge is 0.497 e. The molecule has 3 aromatic carbocycles. The third kappa shape index (κ3) is 5.10. The number of anilines is 2. The van der Waals surface area contributed by atoms with Crippen LogP contribution in [-0.2, 0) is 16.0 Å². The first kappa shape index (κ1) is 23.1. The van der Waals surface area contributed by atoms with Gasteiger partial charge in [-0.25, -0.2) is 0 Å². The number of hydrogen-bond acceptors (Lipinski definition) is 5. The highest BCUT2D eigenvalue weighted by Crippen LogP contribution is 2.26. The van der Waals surface area contributed by atoms with E-state index in [1.165, 1.54) is 0 Å². The Morgan fingerprint density at radius 2 is 1.65 bits per heavy atom. The maximum Gasteiger partial charge on any atom is 0.278 e. The number of benzene rings is 3. The number of nitrogens with zero attached hydrogens (tertiary/aromatic N) is 1. The lowest BCUT2D eigenvalue weighted by molar-refractivity contribution is -0.137. The van der Waals surface area contributed by atoms with Crippen LogP contribution in [0.2, 0.25) is 0 Å². The quantitative estimate of drug-likeness (QED) is 0.471. The van der Waals surface area contributed by atoms with Gasteiger partial charge in [-0.15, -0.1) is 0 Å². The molecule has 0 saturated carbocycles. The van der Waals surface area contributed by atoms with E-state index in [1.54, 1.807) is 55.6 Å². The first-order chi connectivity index (χ1) is 16.5. The molecule has 8 heteroatoms. The van der Waals surface area contributed by atoms with E-state index in [9.17, 15) is 14.4 Å².